The standard InChI is InChI=1S/C13H21N3O3S/c1-3-8-15-12-7-5-4-6-11(12)13(17)16-9-10-20(18,19)14-2/h4-7,14-15H,3,8-10H2,1-2H3,(H,16,17). The van der Waals surface area contributed by atoms with E-state index in [1.807, 2.05) is 19.1 Å². The molecule has 3 N–H and O–H groups in total. The molecule has 0 atom stereocenters. The Kier molecular flexibility index (Phi) is 6.47. The quantitative estimate of drug-likeness (QED) is 0.662. The average Bonchev–Trinajstić information content (AvgIpc) is 2.45. The third-order valence-corrected chi connectivity index (χ3v) is 4.07. The van der Waals surface area contributed by atoms with E-state index < -0.39 is 10.0 Å². The number of benzene rings is 1. The van der Waals surface area contributed by atoms with E-state index in [9.17, 15) is 13.2 Å². The van der Waals surface area contributed by atoms with Crippen molar-refractivity contribution in [1.82, 2.24) is 10.0 Å². The van der Waals surface area contributed by atoms with Gasteiger partial charge in [-0.05, 0) is 25.6 Å². The van der Waals surface area contributed by atoms with Crippen LogP contribution in [0.25, 0.3) is 0 Å². The molecule has 0 saturated carbocycles. The Hall–Kier alpha value is -1.60. The SMILES string of the molecule is CCCNc1ccccc1C(=O)NCCS(=O)(=O)NC. The minimum Gasteiger partial charge on any atom is -0.384 e. The van der Waals surface area contributed by atoms with Crippen LogP contribution in [0.15, 0.2) is 24.3 Å². The molecular formula is C13H21N3O3S. The molecule has 1 amide bonds. The highest BCUT2D eigenvalue weighted by Gasteiger charge is 2.12. The van der Waals surface area contributed by atoms with Gasteiger partial charge in [-0.3, -0.25) is 4.79 Å². The molecule has 0 fully saturated rings. The molecule has 7 heteroatoms. The zero-order chi connectivity index (χ0) is 15.0. The summed E-state index contributed by atoms with van der Waals surface area (Å²) in [4.78, 5) is 12.0. The second kappa shape index (κ2) is 7.86. The van der Waals surface area contributed by atoms with Crippen LogP contribution in [0.5, 0.6) is 0 Å². The van der Waals surface area contributed by atoms with Gasteiger partial charge in [-0.2, -0.15) is 0 Å². The Morgan fingerprint density at radius 2 is 1.90 bits per heavy atom. The van der Waals surface area contributed by atoms with Gasteiger partial charge in [0.25, 0.3) is 5.91 Å². The first kappa shape index (κ1) is 16.5. The third-order valence-electron chi connectivity index (χ3n) is 2.70. The van der Waals surface area contributed by atoms with E-state index in [1.54, 1.807) is 12.1 Å². The summed E-state index contributed by atoms with van der Waals surface area (Å²) in [6.45, 7) is 2.89. The van der Waals surface area contributed by atoms with Crippen molar-refractivity contribution in [2.75, 3.05) is 31.2 Å². The monoisotopic (exact) mass is 299 g/mol. The normalized spacial score (nSPS) is 11.1. The topological polar surface area (TPSA) is 87.3 Å². The van der Waals surface area contributed by atoms with E-state index in [-0.39, 0.29) is 18.2 Å². The van der Waals surface area contributed by atoms with Crippen LogP contribution in [0.2, 0.25) is 0 Å². The van der Waals surface area contributed by atoms with Crippen molar-refractivity contribution in [3.63, 3.8) is 0 Å². The molecule has 0 aliphatic heterocycles. The summed E-state index contributed by atoms with van der Waals surface area (Å²) >= 11 is 0. The van der Waals surface area contributed by atoms with E-state index >= 15 is 0 Å². The molecule has 20 heavy (non-hydrogen) atoms. The summed E-state index contributed by atoms with van der Waals surface area (Å²) < 4.78 is 24.7. The molecule has 1 aromatic carbocycles. The minimum absolute atomic E-state index is 0.0735. The maximum atomic E-state index is 12.0. The number of hydrogen-bond acceptors (Lipinski definition) is 4. The Bertz CT molecular complexity index is 544. The third kappa shape index (κ3) is 5.18. The molecule has 0 radical (unpaired) electrons. The molecule has 0 aliphatic carbocycles. The Morgan fingerprint density at radius 3 is 2.55 bits per heavy atom. The lowest BCUT2D eigenvalue weighted by Crippen LogP contribution is -2.33. The molecule has 1 aromatic rings. The highest BCUT2D eigenvalue weighted by atomic mass is 32.2. The van der Waals surface area contributed by atoms with Crippen LogP contribution < -0.4 is 15.4 Å². The van der Waals surface area contributed by atoms with Crippen LogP contribution >= 0.6 is 0 Å². The van der Waals surface area contributed by atoms with Crippen molar-refractivity contribution >= 4 is 21.6 Å². The molecule has 6 nitrogen and oxygen atoms in total. The van der Waals surface area contributed by atoms with Crippen LogP contribution in [-0.4, -0.2) is 40.2 Å². The van der Waals surface area contributed by atoms with Gasteiger partial charge in [0.15, 0.2) is 0 Å². The van der Waals surface area contributed by atoms with E-state index in [0.717, 1.165) is 18.7 Å². The largest absolute Gasteiger partial charge is 0.384 e. The number of rotatable bonds is 8. The first-order valence-corrected chi connectivity index (χ1v) is 8.17. The summed E-state index contributed by atoms with van der Waals surface area (Å²) in [5.41, 5.74) is 1.27. The number of para-hydroxylation sites is 1. The fourth-order valence-electron chi connectivity index (χ4n) is 1.59. The Labute approximate surface area is 120 Å². The number of amides is 1. The van der Waals surface area contributed by atoms with E-state index in [0.29, 0.717) is 5.56 Å². The highest BCUT2D eigenvalue weighted by molar-refractivity contribution is 7.89. The van der Waals surface area contributed by atoms with E-state index in [2.05, 4.69) is 15.4 Å². The molecule has 0 bridgehead atoms. The lowest BCUT2D eigenvalue weighted by Gasteiger charge is -2.11. The number of nitrogens with one attached hydrogen (secondary N) is 3. The lowest BCUT2D eigenvalue weighted by atomic mass is 10.1. The number of hydrogen-bond donors (Lipinski definition) is 3. The van der Waals surface area contributed by atoms with Crippen molar-refractivity contribution in [3.05, 3.63) is 29.8 Å². The molecule has 0 heterocycles. The van der Waals surface area contributed by atoms with Crippen LogP contribution in [-0.2, 0) is 10.0 Å². The van der Waals surface area contributed by atoms with Crippen molar-refractivity contribution < 1.29 is 13.2 Å². The number of carbonyl (C=O) groups is 1. The summed E-state index contributed by atoms with van der Waals surface area (Å²) in [5.74, 6) is -0.421. The number of carbonyl (C=O) groups excluding carboxylic acids is 1. The van der Waals surface area contributed by atoms with Crippen molar-refractivity contribution in [2.45, 2.75) is 13.3 Å². The zero-order valence-electron chi connectivity index (χ0n) is 11.8. The first-order chi connectivity index (χ1) is 9.50. The van der Waals surface area contributed by atoms with Gasteiger partial charge in [0.1, 0.15) is 0 Å². The van der Waals surface area contributed by atoms with Gasteiger partial charge in [0.05, 0.1) is 11.3 Å². The van der Waals surface area contributed by atoms with Crippen LogP contribution in [0, 0.1) is 0 Å². The highest BCUT2D eigenvalue weighted by Crippen LogP contribution is 2.14. The second-order valence-electron chi connectivity index (χ2n) is 4.25. The van der Waals surface area contributed by atoms with Gasteiger partial charge < -0.3 is 10.6 Å². The predicted molar refractivity (Wildman–Crippen MR) is 80.4 cm³/mol. The fraction of sp³-hybridized carbons (Fsp3) is 0.462. The molecule has 0 aromatic heterocycles. The van der Waals surface area contributed by atoms with E-state index in [1.165, 1.54) is 7.05 Å². The van der Waals surface area contributed by atoms with Crippen molar-refractivity contribution in [3.8, 4) is 0 Å². The van der Waals surface area contributed by atoms with Gasteiger partial charge in [0.2, 0.25) is 10.0 Å². The summed E-state index contributed by atoms with van der Waals surface area (Å²) in [7, 11) is -1.95. The summed E-state index contributed by atoms with van der Waals surface area (Å²) in [5, 5.41) is 5.78. The number of sulfonamides is 1. The maximum Gasteiger partial charge on any atom is 0.253 e. The molecular weight excluding hydrogens is 278 g/mol. The summed E-state index contributed by atoms with van der Waals surface area (Å²) in [6, 6.07) is 7.16. The fourth-order valence-corrected chi connectivity index (χ4v) is 2.17. The van der Waals surface area contributed by atoms with Gasteiger partial charge in [-0.15, -0.1) is 0 Å². The van der Waals surface area contributed by atoms with Crippen molar-refractivity contribution in [2.24, 2.45) is 0 Å². The predicted octanol–water partition coefficient (Wildman–Crippen LogP) is 0.787. The van der Waals surface area contributed by atoms with Gasteiger partial charge in [-0.1, -0.05) is 19.1 Å². The maximum absolute atomic E-state index is 12.0. The minimum atomic E-state index is -3.30. The second-order valence-corrected chi connectivity index (χ2v) is 6.30. The van der Waals surface area contributed by atoms with Gasteiger partial charge >= 0.3 is 0 Å². The number of anilines is 1. The van der Waals surface area contributed by atoms with Gasteiger partial charge in [0, 0.05) is 18.8 Å². The molecule has 0 saturated heterocycles. The smallest absolute Gasteiger partial charge is 0.253 e. The zero-order valence-corrected chi connectivity index (χ0v) is 12.6. The van der Waals surface area contributed by atoms with Crippen LogP contribution in [0.4, 0.5) is 5.69 Å². The first-order valence-electron chi connectivity index (χ1n) is 6.52. The molecule has 0 spiro atoms. The van der Waals surface area contributed by atoms with Crippen LogP contribution in [0.1, 0.15) is 23.7 Å². The Morgan fingerprint density at radius 1 is 1.20 bits per heavy atom. The van der Waals surface area contributed by atoms with Crippen LogP contribution in [0.3, 0.4) is 0 Å². The molecule has 0 aliphatic rings. The Balaban J connectivity index is 2.63. The van der Waals surface area contributed by atoms with Crippen molar-refractivity contribution in [1.29, 1.82) is 0 Å². The van der Waals surface area contributed by atoms with Gasteiger partial charge in [-0.25, -0.2) is 13.1 Å². The molecule has 1 rings (SSSR count). The molecule has 0 unspecified atom stereocenters. The molecule has 112 valence electrons. The lowest BCUT2D eigenvalue weighted by molar-refractivity contribution is 0.0957. The summed E-state index contributed by atoms with van der Waals surface area (Å²) in [6.07, 6.45) is 0.955. The van der Waals surface area contributed by atoms with E-state index in [4.69, 9.17) is 0 Å². The average molecular weight is 299 g/mol.